The Labute approximate surface area is 123 Å². The van der Waals surface area contributed by atoms with E-state index in [2.05, 4.69) is 32.1 Å². The predicted octanol–water partition coefficient (Wildman–Crippen LogP) is 1.64. The molecule has 3 heterocycles. The Bertz CT molecular complexity index is 474. The molecule has 20 heavy (non-hydrogen) atoms. The van der Waals surface area contributed by atoms with Crippen molar-refractivity contribution in [1.82, 2.24) is 20.3 Å². The molecule has 0 spiro atoms. The number of anilines is 1. The second-order valence-electron chi connectivity index (χ2n) is 5.44. The van der Waals surface area contributed by atoms with Gasteiger partial charge in [0.15, 0.2) is 0 Å². The van der Waals surface area contributed by atoms with Gasteiger partial charge in [-0.25, -0.2) is 0 Å². The quantitative estimate of drug-likeness (QED) is 0.911. The highest BCUT2D eigenvalue weighted by molar-refractivity contribution is 6.28. The van der Waals surface area contributed by atoms with Crippen LogP contribution in [-0.2, 0) is 0 Å². The maximum absolute atomic E-state index is 5.96. The number of piperidine rings is 1. The fourth-order valence-electron chi connectivity index (χ4n) is 3.39. The van der Waals surface area contributed by atoms with E-state index in [9.17, 15) is 0 Å². The van der Waals surface area contributed by atoms with Crippen LogP contribution in [0.1, 0.15) is 32.6 Å². The van der Waals surface area contributed by atoms with Gasteiger partial charge in [0, 0.05) is 24.7 Å². The van der Waals surface area contributed by atoms with Gasteiger partial charge in [0.2, 0.25) is 11.2 Å². The standard InChI is InChI=1S/C13H20ClN5O/c1-3-19(10-6-8-4-5-9(7-10)15-8)12-16-11(14)17-13(18-12)20-2/h8-10,15H,3-7H2,1-2H3. The van der Waals surface area contributed by atoms with E-state index < -0.39 is 0 Å². The van der Waals surface area contributed by atoms with E-state index >= 15 is 0 Å². The first-order valence-electron chi connectivity index (χ1n) is 7.17. The number of nitrogens with zero attached hydrogens (tertiary/aromatic N) is 4. The number of rotatable bonds is 4. The fourth-order valence-corrected chi connectivity index (χ4v) is 3.53. The van der Waals surface area contributed by atoms with E-state index in [4.69, 9.17) is 16.3 Å². The van der Waals surface area contributed by atoms with Gasteiger partial charge in [-0.2, -0.15) is 15.0 Å². The van der Waals surface area contributed by atoms with Crippen molar-refractivity contribution >= 4 is 17.5 Å². The van der Waals surface area contributed by atoms with Gasteiger partial charge in [-0.3, -0.25) is 0 Å². The van der Waals surface area contributed by atoms with E-state index in [1.165, 1.54) is 20.0 Å². The number of ether oxygens (including phenoxy) is 1. The van der Waals surface area contributed by atoms with Gasteiger partial charge < -0.3 is 15.0 Å². The smallest absolute Gasteiger partial charge is 0.322 e. The summed E-state index contributed by atoms with van der Waals surface area (Å²) >= 11 is 5.96. The third-order valence-corrected chi connectivity index (χ3v) is 4.41. The molecule has 1 N–H and O–H groups in total. The van der Waals surface area contributed by atoms with Crippen molar-refractivity contribution < 1.29 is 4.74 Å². The zero-order valence-electron chi connectivity index (χ0n) is 11.8. The van der Waals surface area contributed by atoms with Crippen molar-refractivity contribution in [3.8, 4) is 6.01 Å². The third kappa shape index (κ3) is 2.67. The summed E-state index contributed by atoms with van der Waals surface area (Å²) in [5.74, 6) is 0.621. The summed E-state index contributed by atoms with van der Waals surface area (Å²) in [6.07, 6.45) is 4.83. The summed E-state index contributed by atoms with van der Waals surface area (Å²) in [5, 5.41) is 3.84. The summed E-state index contributed by atoms with van der Waals surface area (Å²) in [6, 6.07) is 2.00. The second kappa shape index (κ2) is 5.69. The molecule has 0 radical (unpaired) electrons. The molecule has 2 aliphatic heterocycles. The molecule has 0 amide bonds. The highest BCUT2D eigenvalue weighted by atomic mass is 35.5. The van der Waals surface area contributed by atoms with Gasteiger partial charge in [-0.05, 0) is 44.2 Å². The molecule has 1 aromatic rings. The number of hydrogen-bond donors (Lipinski definition) is 1. The number of fused-ring (bicyclic) bond motifs is 2. The summed E-state index contributed by atoms with van der Waals surface area (Å²) in [5.41, 5.74) is 0. The average molecular weight is 298 g/mol. The van der Waals surface area contributed by atoms with Gasteiger partial charge in [0.05, 0.1) is 7.11 Å². The number of halogens is 1. The van der Waals surface area contributed by atoms with Gasteiger partial charge in [-0.1, -0.05) is 0 Å². The lowest BCUT2D eigenvalue weighted by atomic mass is 9.98. The number of aromatic nitrogens is 3. The van der Waals surface area contributed by atoms with E-state index in [1.807, 2.05) is 0 Å². The third-order valence-electron chi connectivity index (χ3n) is 4.24. The molecular weight excluding hydrogens is 278 g/mol. The van der Waals surface area contributed by atoms with Gasteiger partial charge >= 0.3 is 6.01 Å². The molecule has 2 fully saturated rings. The number of hydrogen-bond acceptors (Lipinski definition) is 6. The SMILES string of the molecule is CCN(c1nc(Cl)nc(OC)n1)C1CC2CCC(C1)N2. The van der Waals surface area contributed by atoms with Crippen LogP contribution in [0.25, 0.3) is 0 Å². The molecule has 2 aliphatic rings. The fraction of sp³-hybridized carbons (Fsp3) is 0.769. The van der Waals surface area contributed by atoms with Gasteiger partial charge in [0.25, 0.3) is 0 Å². The van der Waals surface area contributed by atoms with Crippen molar-refractivity contribution in [2.24, 2.45) is 0 Å². The lowest BCUT2D eigenvalue weighted by Crippen LogP contribution is -2.48. The first kappa shape index (κ1) is 13.8. The van der Waals surface area contributed by atoms with Crippen LogP contribution in [0.2, 0.25) is 5.28 Å². The molecule has 3 rings (SSSR count). The summed E-state index contributed by atoms with van der Waals surface area (Å²) in [6.45, 7) is 2.97. The van der Waals surface area contributed by atoms with E-state index in [0.29, 0.717) is 24.1 Å². The predicted molar refractivity (Wildman–Crippen MR) is 77.4 cm³/mol. The van der Waals surface area contributed by atoms with E-state index in [-0.39, 0.29) is 11.3 Å². The Morgan fingerprint density at radius 3 is 2.55 bits per heavy atom. The molecule has 6 nitrogen and oxygen atoms in total. The van der Waals surface area contributed by atoms with Crippen molar-refractivity contribution in [2.75, 3.05) is 18.6 Å². The van der Waals surface area contributed by atoms with Gasteiger partial charge in [0.1, 0.15) is 0 Å². The Hall–Kier alpha value is -1.14. The molecule has 0 saturated carbocycles. The minimum absolute atomic E-state index is 0.183. The lowest BCUT2D eigenvalue weighted by molar-refractivity contribution is 0.343. The molecule has 2 atom stereocenters. The van der Waals surface area contributed by atoms with Crippen LogP contribution in [0.15, 0.2) is 0 Å². The van der Waals surface area contributed by atoms with Crippen molar-refractivity contribution in [3.63, 3.8) is 0 Å². The van der Waals surface area contributed by atoms with Crippen molar-refractivity contribution in [1.29, 1.82) is 0 Å². The van der Waals surface area contributed by atoms with Crippen LogP contribution in [0, 0.1) is 0 Å². The normalized spacial score (nSPS) is 28.4. The highest BCUT2D eigenvalue weighted by Crippen LogP contribution is 2.31. The molecule has 0 aromatic carbocycles. The van der Waals surface area contributed by atoms with Crippen LogP contribution >= 0.6 is 11.6 Å². The zero-order chi connectivity index (χ0) is 14.1. The monoisotopic (exact) mass is 297 g/mol. The van der Waals surface area contributed by atoms with Crippen LogP contribution in [0.3, 0.4) is 0 Å². The molecule has 110 valence electrons. The Morgan fingerprint density at radius 2 is 1.95 bits per heavy atom. The number of nitrogens with one attached hydrogen (secondary N) is 1. The molecule has 2 saturated heterocycles. The Kier molecular flexibility index (Phi) is 3.94. The maximum Gasteiger partial charge on any atom is 0.322 e. The second-order valence-corrected chi connectivity index (χ2v) is 5.78. The van der Waals surface area contributed by atoms with Crippen LogP contribution < -0.4 is 15.0 Å². The molecule has 0 aliphatic carbocycles. The van der Waals surface area contributed by atoms with Crippen molar-refractivity contribution in [2.45, 2.75) is 50.7 Å². The molecule has 2 unspecified atom stereocenters. The first-order valence-corrected chi connectivity index (χ1v) is 7.55. The molecule has 2 bridgehead atoms. The van der Waals surface area contributed by atoms with Gasteiger partial charge in [-0.15, -0.1) is 0 Å². The average Bonchev–Trinajstić information content (AvgIpc) is 2.78. The minimum atomic E-state index is 0.183. The number of methoxy groups -OCH3 is 1. The maximum atomic E-state index is 5.96. The molecular formula is C13H20ClN5O. The zero-order valence-corrected chi connectivity index (χ0v) is 12.6. The molecule has 1 aromatic heterocycles. The largest absolute Gasteiger partial charge is 0.467 e. The Balaban J connectivity index is 1.84. The molecule has 7 heteroatoms. The Morgan fingerprint density at radius 1 is 1.25 bits per heavy atom. The lowest BCUT2D eigenvalue weighted by Gasteiger charge is -2.37. The summed E-state index contributed by atoms with van der Waals surface area (Å²) in [7, 11) is 1.54. The van der Waals surface area contributed by atoms with Crippen LogP contribution in [0.4, 0.5) is 5.95 Å². The summed E-state index contributed by atoms with van der Waals surface area (Å²) < 4.78 is 5.09. The first-order chi connectivity index (χ1) is 9.69. The highest BCUT2D eigenvalue weighted by Gasteiger charge is 2.36. The van der Waals surface area contributed by atoms with Crippen molar-refractivity contribution in [3.05, 3.63) is 5.28 Å². The van der Waals surface area contributed by atoms with Crippen LogP contribution in [0.5, 0.6) is 6.01 Å². The summed E-state index contributed by atoms with van der Waals surface area (Å²) in [4.78, 5) is 14.8. The topological polar surface area (TPSA) is 63.2 Å². The van der Waals surface area contributed by atoms with E-state index in [1.54, 1.807) is 0 Å². The van der Waals surface area contributed by atoms with E-state index in [0.717, 1.165) is 19.4 Å². The van der Waals surface area contributed by atoms with Crippen LogP contribution in [-0.4, -0.2) is 46.7 Å². The minimum Gasteiger partial charge on any atom is -0.467 e.